The molecule has 0 aliphatic carbocycles. The van der Waals surface area contributed by atoms with Crippen LogP contribution in [-0.2, 0) is 4.79 Å². The first-order chi connectivity index (χ1) is 9.96. The lowest BCUT2D eigenvalue weighted by molar-refractivity contribution is -0.117. The Balaban J connectivity index is 1.99. The SMILES string of the molecule is CC(C)(C)NCCOc1ccncc1N1C=CCC(=O)C1. The number of hydrogen-bond donors (Lipinski definition) is 1. The van der Waals surface area contributed by atoms with Crippen LogP contribution in [0.4, 0.5) is 5.69 Å². The van der Waals surface area contributed by atoms with Crippen LogP contribution in [0.25, 0.3) is 0 Å². The highest BCUT2D eigenvalue weighted by molar-refractivity contribution is 5.87. The summed E-state index contributed by atoms with van der Waals surface area (Å²) < 4.78 is 5.83. The Kier molecular flexibility index (Phi) is 4.96. The predicted octanol–water partition coefficient (Wildman–Crippen LogP) is 2.14. The van der Waals surface area contributed by atoms with Crippen LogP contribution in [0.5, 0.6) is 5.75 Å². The largest absolute Gasteiger partial charge is 0.490 e. The Morgan fingerprint density at radius 1 is 1.43 bits per heavy atom. The van der Waals surface area contributed by atoms with Crippen molar-refractivity contribution in [3.63, 3.8) is 0 Å². The smallest absolute Gasteiger partial charge is 0.156 e. The summed E-state index contributed by atoms with van der Waals surface area (Å²) in [5.41, 5.74) is 0.907. The molecule has 2 rings (SSSR count). The Hall–Kier alpha value is -1.88. The van der Waals surface area contributed by atoms with Gasteiger partial charge in [-0.2, -0.15) is 0 Å². The standard InChI is InChI=1S/C16H23N3O2/c1-16(2,3)18-8-10-21-15-6-7-17-11-14(15)19-9-4-5-13(20)12-19/h4,6-7,9,11,18H,5,8,10,12H2,1-3H3. The van der Waals surface area contributed by atoms with Gasteiger partial charge >= 0.3 is 0 Å². The van der Waals surface area contributed by atoms with Gasteiger partial charge in [0.2, 0.25) is 0 Å². The molecular weight excluding hydrogens is 266 g/mol. The number of allylic oxidation sites excluding steroid dienone is 1. The lowest BCUT2D eigenvalue weighted by Crippen LogP contribution is -2.38. The molecule has 0 radical (unpaired) electrons. The predicted molar refractivity (Wildman–Crippen MR) is 83.6 cm³/mol. The van der Waals surface area contributed by atoms with Gasteiger partial charge in [-0.25, -0.2) is 0 Å². The molecule has 1 aromatic rings. The molecule has 2 heterocycles. The molecule has 0 saturated carbocycles. The minimum absolute atomic E-state index is 0.0759. The molecule has 0 aromatic carbocycles. The van der Waals surface area contributed by atoms with Crippen LogP contribution in [0.15, 0.2) is 30.7 Å². The fourth-order valence-corrected chi connectivity index (χ4v) is 2.08. The summed E-state index contributed by atoms with van der Waals surface area (Å²) >= 11 is 0. The van der Waals surface area contributed by atoms with Crippen molar-refractivity contribution < 1.29 is 9.53 Å². The van der Waals surface area contributed by atoms with E-state index >= 15 is 0 Å². The molecule has 5 heteroatoms. The van der Waals surface area contributed by atoms with Gasteiger partial charge in [-0.1, -0.05) is 6.08 Å². The minimum Gasteiger partial charge on any atom is -0.490 e. The second-order valence-corrected chi connectivity index (χ2v) is 6.12. The van der Waals surface area contributed by atoms with E-state index in [0.29, 0.717) is 19.6 Å². The summed E-state index contributed by atoms with van der Waals surface area (Å²) in [4.78, 5) is 17.6. The molecule has 0 amide bonds. The second kappa shape index (κ2) is 6.72. The van der Waals surface area contributed by atoms with E-state index in [1.165, 1.54) is 0 Å². The van der Waals surface area contributed by atoms with Crippen molar-refractivity contribution in [3.8, 4) is 5.75 Å². The highest BCUT2D eigenvalue weighted by Crippen LogP contribution is 2.28. The van der Waals surface area contributed by atoms with Crippen molar-refractivity contribution in [2.75, 3.05) is 24.6 Å². The molecule has 1 N–H and O–H groups in total. The van der Waals surface area contributed by atoms with Crippen molar-refractivity contribution in [2.24, 2.45) is 0 Å². The quantitative estimate of drug-likeness (QED) is 0.842. The number of carbonyl (C=O) groups excluding carboxylic acids is 1. The number of nitrogens with one attached hydrogen (secondary N) is 1. The lowest BCUT2D eigenvalue weighted by atomic mass is 10.1. The van der Waals surface area contributed by atoms with E-state index in [-0.39, 0.29) is 11.3 Å². The first kappa shape index (κ1) is 15.5. The molecule has 0 spiro atoms. The van der Waals surface area contributed by atoms with E-state index in [0.717, 1.165) is 18.0 Å². The second-order valence-electron chi connectivity index (χ2n) is 6.12. The molecule has 0 atom stereocenters. The normalized spacial score (nSPS) is 15.4. The van der Waals surface area contributed by atoms with E-state index in [9.17, 15) is 4.79 Å². The summed E-state index contributed by atoms with van der Waals surface area (Å²) in [5.74, 6) is 0.946. The highest BCUT2D eigenvalue weighted by atomic mass is 16.5. The zero-order chi connectivity index (χ0) is 15.3. The van der Waals surface area contributed by atoms with Crippen LogP contribution in [0, 0.1) is 0 Å². The monoisotopic (exact) mass is 289 g/mol. The number of hydrogen-bond acceptors (Lipinski definition) is 5. The Morgan fingerprint density at radius 2 is 2.24 bits per heavy atom. The number of ketones is 1. The molecule has 0 bridgehead atoms. The number of ether oxygens (including phenoxy) is 1. The van der Waals surface area contributed by atoms with Crippen molar-refractivity contribution in [1.29, 1.82) is 0 Å². The zero-order valence-electron chi connectivity index (χ0n) is 12.9. The van der Waals surface area contributed by atoms with E-state index in [2.05, 4.69) is 31.1 Å². The Bertz CT molecular complexity index is 520. The van der Waals surface area contributed by atoms with Gasteiger partial charge in [0.25, 0.3) is 0 Å². The maximum absolute atomic E-state index is 11.6. The molecule has 5 nitrogen and oxygen atoms in total. The summed E-state index contributed by atoms with van der Waals surface area (Å²) in [6.45, 7) is 8.07. The van der Waals surface area contributed by atoms with E-state index in [1.54, 1.807) is 12.4 Å². The van der Waals surface area contributed by atoms with Crippen molar-refractivity contribution in [2.45, 2.75) is 32.7 Å². The fourth-order valence-electron chi connectivity index (χ4n) is 2.08. The van der Waals surface area contributed by atoms with Crippen LogP contribution < -0.4 is 15.0 Å². The fraction of sp³-hybridized carbons (Fsp3) is 0.500. The average molecular weight is 289 g/mol. The van der Waals surface area contributed by atoms with E-state index < -0.39 is 0 Å². The van der Waals surface area contributed by atoms with Crippen LogP contribution >= 0.6 is 0 Å². The summed E-state index contributed by atoms with van der Waals surface area (Å²) in [5, 5.41) is 3.38. The van der Waals surface area contributed by atoms with Crippen LogP contribution in [0.3, 0.4) is 0 Å². The lowest BCUT2D eigenvalue weighted by Gasteiger charge is -2.25. The third-order valence-corrected chi connectivity index (χ3v) is 3.06. The number of Topliss-reactive ketones (excluding diaryl/α,β-unsaturated/α-hetero) is 1. The number of rotatable bonds is 5. The number of pyridine rings is 1. The summed E-state index contributed by atoms with van der Waals surface area (Å²) in [7, 11) is 0. The van der Waals surface area contributed by atoms with Crippen LogP contribution in [-0.4, -0.2) is 36.0 Å². The van der Waals surface area contributed by atoms with Crippen molar-refractivity contribution in [3.05, 3.63) is 30.7 Å². The molecule has 1 aromatic heterocycles. The number of nitrogens with zero attached hydrogens (tertiary/aromatic N) is 2. The van der Waals surface area contributed by atoms with Gasteiger partial charge in [0.1, 0.15) is 18.0 Å². The number of anilines is 1. The first-order valence-corrected chi connectivity index (χ1v) is 7.22. The van der Waals surface area contributed by atoms with Crippen LogP contribution in [0.2, 0.25) is 0 Å². The maximum Gasteiger partial charge on any atom is 0.156 e. The molecule has 1 aliphatic rings. The molecule has 0 unspecified atom stereocenters. The van der Waals surface area contributed by atoms with Crippen LogP contribution in [0.1, 0.15) is 27.2 Å². The summed E-state index contributed by atoms with van der Waals surface area (Å²) in [6, 6.07) is 1.83. The van der Waals surface area contributed by atoms with Crippen molar-refractivity contribution >= 4 is 11.5 Å². The van der Waals surface area contributed by atoms with Gasteiger partial charge in [0, 0.05) is 37.0 Å². The van der Waals surface area contributed by atoms with Gasteiger partial charge in [-0.15, -0.1) is 0 Å². The molecule has 21 heavy (non-hydrogen) atoms. The van der Waals surface area contributed by atoms with Crippen molar-refractivity contribution in [1.82, 2.24) is 10.3 Å². The molecule has 114 valence electrons. The van der Waals surface area contributed by atoms with Gasteiger partial charge < -0.3 is 15.0 Å². The average Bonchev–Trinajstić information content (AvgIpc) is 2.43. The number of carbonyl (C=O) groups is 1. The topological polar surface area (TPSA) is 54.5 Å². The first-order valence-electron chi connectivity index (χ1n) is 7.22. The highest BCUT2D eigenvalue weighted by Gasteiger charge is 2.16. The summed E-state index contributed by atoms with van der Waals surface area (Å²) in [6.07, 6.45) is 7.71. The van der Waals surface area contributed by atoms with Gasteiger partial charge in [-0.3, -0.25) is 9.78 Å². The third kappa shape index (κ3) is 4.86. The molecule has 1 aliphatic heterocycles. The zero-order valence-corrected chi connectivity index (χ0v) is 12.9. The Labute approximate surface area is 126 Å². The minimum atomic E-state index is 0.0759. The maximum atomic E-state index is 11.6. The number of aromatic nitrogens is 1. The van der Waals surface area contributed by atoms with Gasteiger partial charge in [-0.05, 0) is 20.8 Å². The van der Waals surface area contributed by atoms with E-state index in [4.69, 9.17) is 4.74 Å². The van der Waals surface area contributed by atoms with Gasteiger partial charge in [0.15, 0.2) is 5.78 Å². The molecular formula is C16H23N3O2. The van der Waals surface area contributed by atoms with Gasteiger partial charge in [0.05, 0.1) is 12.7 Å². The molecule has 0 fully saturated rings. The Morgan fingerprint density at radius 3 is 2.95 bits per heavy atom. The third-order valence-electron chi connectivity index (χ3n) is 3.06. The molecule has 0 saturated heterocycles. The van der Waals surface area contributed by atoms with E-state index in [1.807, 2.05) is 23.2 Å².